The van der Waals surface area contributed by atoms with Gasteiger partial charge in [0.2, 0.25) is 0 Å². The van der Waals surface area contributed by atoms with Crippen LogP contribution in [0, 0.1) is 6.92 Å². The van der Waals surface area contributed by atoms with Crippen LogP contribution < -0.4 is 0 Å². The molecule has 0 aliphatic heterocycles. The van der Waals surface area contributed by atoms with E-state index in [9.17, 15) is 18.0 Å². The van der Waals surface area contributed by atoms with E-state index >= 15 is 0 Å². The molecule has 0 bridgehead atoms. The molecule has 134 valence electrons. The number of alkyl halides is 3. The van der Waals surface area contributed by atoms with E-state index in [0.717, 1.165) is 17.0 Å². The Kier molecular flexibility index (Phi) is 3.95. The summed E-state index contributed by atoms with van der Waals surface area (Å²) in [4.78, 5) is 17.6. The van der Waals surface area contributed by atoms with Gasteiger partial charge in [-0.05, 0) is 36.8 Å². The topological polar surface area (TPSA) is 30.0 Å². The van der Waals surface area contributed by atoms with Gasteiger partial charge >= 0.3 is 6.18 Å². The summed E-state index contributed by atoms with van der Waals surface area (Å²) >= 11 is 0. The number of pyridine rings is 1. The van der Waals surface area contributed by atoms with E-state index in [4.69, 9.17) is 0 Å². The molecule has 0 saturated heterocycles. The maximum Gasteiger partial charge on any atom is 0.417 e. The first-order valence-electron chi connectivity index (χ1n) is 8.36. The van der Waals surface area contributed by atoms with Crippen LogP contribution in [0.2, 0.25) is 0 Å². The molecule has 0 saturated carbocycles. The number of aromatic nitrogens is 1. The van der Waals surface area contributed by atoms with E-state index < -0.39 is 17.5 Å². The Labute approximate surface area is 153 Å². The van der Waals surface area contributed by atoms with Crippen molar-refractivity contribution in [1.82, 2.24) is 4.98 Å². The summed E-state index contributed by atoms with van der Waals surface area (Å²) in [6.07, 6.45) is -4.60. The maximum atomic E-state index is 13.3. The minimum Gasteiger partial charge on any atom is -0.289 e. The fourth-order valence-electron chi connectivity index (χ4n) is 3.29. The van der Waals surface area contributed by atoms with Crippen molar-refractivity contribution in [3.63, 3.8) is 0 Å². The lowest BCUT2D eigenvalue weighted by Crippen LogP contribution is -2.14. The smallest absolute Gasteiger partial charge is 0.289 e. The van der Waals surface area contributed by atoms with E-state index in [1.165, 1.54) is 24.3 Å². The van der Waals surface area contributed by atoms with E-state index in [1.54, 1.807) is 12.1 Å². The van der Waals surface area contributed by atoms with Crippen LogP contribution in [0.25, 0.3) is 21.8 Å². The summed E-state index contributed by atoms with van der Waals surface area (Å²) in [6, 6.07) is 17.4. The number of benzene rings is 3. The predicted octanol–water partition coefficient (Wildman–Crippen LogP) is 5.95. The monoisotopic (exact) mass is 365 g/mol. The van der Waals surface area contributed by atoms with Gasteiger partial charge in [-0.3, -0.25) is 4.79 Å². The Morgan fingerprint density at radius 3 is 2.37 bits per heavy atom. The number of nitrogens with zero attached hydrogens (tertiary/aromatic N) is 1. The number of carbonyl (C=O) groups excluding carboxylic acids is 1. The first-order valence-corrected chi connectivity index (χ1v) is 8.36. The highest BCUT2D eigenvalue weighted by atomic mass is 19.4. The van der Waals surface area contributed by atoms with Crippen molar-refractivity contribution in [3.8, 4) is 0 Å². The molecule has 4 rings (SSSR count). The molecule has 0 amide bonds. The minimum absolute atomic E-state index is 0.160. The van der Waals surface area contributed by atoms with Gasteiger partial charge in [-0.1, -0.05) is 42.5 Å². The van der Waals surface area contributed by atoms with Gasteiger partial charge < -0.3 is 0 Å². The number of rotatable bonds is 2. The van der Waals surface area contributed by atoms with E-state index in [0.29, 0.717) is 16.4 Å². The molecular weight excluding hydrogens is 351 g/mol. The maximum absolute atomic E-state index is 13.3. The number of hydrogen-bond donors (Lipinski definition) is 0. The van der Waals surface area contributed by atoms with Gasteiger partial charge in [-0.25, -0.2) is 4.98 Å². The summed E-state index contributed by atoms with van der Waals surface area (Å²) in [5.74, 6) is -0.687. The number of para-hydroxylation sites is 1. The molecule has 0 atom stereocenters. The van der Waals surface area contributed by atoms with Crippen molar-refractivity contribution in [1.29, 1.82) is 0 Å². The molecule has 1 heterocycles. The first kappa shape index (κ1) is 17.2. The Morgan fingerprint density at radius 2 is 1.59 bits per heavy atom. The minimum atomic E-state index is -4.60. The molecular formula is C22H14F3NO. The van der Waals surface area contributed by atoms with E-state index in [-0.39, 0.29) is 11.1 Å². The molecule has 3 aromatic carbocycles. The molecule has 2 nitrogen and oxygen atoms in total. The van der Waals surface area contributed by atoms with Gasteiger partial charge in [0, 0.05) is 21.9 Å². The quantitative estimate of drug-likeness (QED) is 0.325. The lowest BCUT2D eigenvalue weighted by Gasteiger charge is -2.13. The summed E-state index contributed by atoms with van der Waals surface area (Å²) in [7, 11) is 0. The molecule has 0 fully saturated rings. The zero-order chi connectivity index (χ0) is 19.2. The zero-order valence-electron chi connectivity index (χ0n) is 14.3. The number of halogens is 3. The van der Waals surface area contributed by atoms with Crippen LogP contribution in [0.15, 0.2) is 66.7 Å². The second kappa shape index (κ2) is 6.20. The Bertz CT molecular complexity index is 1200. The van der Waals surface area contributed by atoms with Crippen molar-refractivity contribution in [2.45, 2.75) is 13.1 Å². The highest BCUT2D eigenvalue weighted by Gasteiger charge is 2.35. The summed E-state index contributed by atoms with van der Waals surface area (Å²) in [5, 5.41) is 1.66. The van der Waals surface area contributed by atoms with Crippen molar-refractivity contribution in [2.75, 3.05) is 0 Å². The highest BCUT2D eigenvalue weighted by molar-refractivity contribution is 6.17. The normalized spacial score (nSPS) is 11.9. The van der Waals surface area contributed by atoms with Crippen LogP contribution in [0.3, 0.4) is 0 Å². The number of fused-ring (bicyclic) bond motifs is 2. The molecule has 27 heavy (non-hydrogen) atoms. The molecule has 0 spiro atoms. The van der Waals surface area contributed by atoms with E-state index in [1.807, 2.05) is 31.2 Å². The summed E-state index contributed by atoms with van der Waals surface area (Å²) in [6.45, 7) is 1.96. The molecule has 5 heteroatoms. The van der Waals surface area contributed by atoms with Gasteiger partial charge in [0.05, 0.1) is 16.6 Å². The van der Waals surface area contributed by atoms with Gasteiger partial charge in [-0.15, -0.1) is 0 Å². The van der Waals surface area contributed by atoms with Crippen LogP contribution in [-0.2, 0) is 6.18 Å². The van der Waals surface area contributed by atoms with Crippen LogP contribution >= 0.6 is 0 Å². The van der Waals surface area contributed by atoms with Crippen molar-refractivity contribution >= 4 is 27.6 Å². The van der Waals surface area contributed by atoms with Crippen LogP contribution in [0.5, 0.6) is 0 Å². The van der Waals surface area contributed by atoms with Gasteiger partial charge in [0.15, 0.2) is 5.78 Å². The zero-order valence-corrected chi connectivity index (χ0v) is 14.3. The third kappa shape index (κ3) is 2.95. The predicted molar refractivity (Wildman–Crippen MR) is 98.9 cm³/mol. The highest BCUT2D eigenvalue weighted by Crippen LogP contribution is 2.34. The molecule has 0 N–H and O–H groups in total. The van der Waals surface area contributed by atoms with E-state index in [2.05, 4.69) is 4.98 Å². The van der Waals surface area contributed by atoms with Crippen LogP contribution in [0.1, 0.15) is 27.0 Å². The van der Waals surface area contributed by atoms with Crippen molar-refractivity contribution in [3.05, 3.63) is 89.0 Å². The van der Waals surface area contributed by atoms with Gasteiger partial charge in [-0.2, -0.15) is 13.2 Å². The second-order valence-corrected chi connectivity index (χ2v) is 6.38. The van der Waals surface area contributed by atoms with Crippen LogP contribution in [-0.4, -0.2) is 10.8 Å². The molecule has 0 unspecified atom stereocenters. The first-order chi connectivity index (χ1) is 12.9. The third-order valence-corrected chi connectivity index (χ3v) is 4.62. The number of hydrogen-bond acceptors (Lipinski definition) is 2. The molecule has 4 aromatic rings. The largest absolute Gasteiger partial charge is 0.417 e. The average Bonchev–Trinajstić information content (AvgIpc) is 2.65. The Morgan fingerprint density at radius 1 is 0.889 bits per heavy atom. The second-order valence-electron chi connectivity index (χ2n) is 6.38. The fourth-order valence-corrected chi connectivity index (χ4v) is 3.29. The molecule has 0 aliphatic rings. The van der Waals surface area contributed by atoms with Crippen LogP contribution in [0.4, 0.5) is 13.2 Å². The van der Waals surface area contributed by atoms with Gasteiger partial charge in [0.25, 0.3) is 0 Å². The Balaban J connectivity index is 1.96. The molecule has 0 radical (unpaired) electrons. The lowest BCUT2D eigenvalue weighted by molar-refractivity contribution is -0.137. The molecule has 0 aliphatic carbocycles. The summed E-state index contributed by atoms with van der Waals surface area (Å²) in [5.41, 5.74) is 0.991. The SMILES string of the molecule is Cc1cccc2nc3c(C(=O)c4ccccc4C(F)(F)F)cccc3cc12. The average molecular weight is 365 g/mol. The Hall–Kier alpha value is -3.21. The summed E-state index contributed by atoms with van der Waals surface area (Å²) < 4.78 is 40.0. The van der Waals surface area contributed by atoms with Crippen molar-refractivity contribution in [2.24, 2.45) is 0 Å². The van der Waals surface area contributed by atoms with Crippen molar-refractivity contribution < 1.29 is 18.0 Å². The molecule has 1 aromatic heterocycles. The number of ketones is 1. The third-order valence-electron chi connectivity index (χ3n) is 4.62. The fraction of sp³-hybridized carbons (Fsp3) is 0.0909. The van der Waals surface area contributed by atoms with Gasteiger partial charge in [0.1, 0.15) is 0 Å². The number of carbonyl (C=O) groups is 1. The standard InChI is InChI=1S/C22H14F3NO/c1-13-6-4-11-19-17(13)12-14-7-5-9-16(20(14)26-19)21(27)15-8-2-3-10-18(15)22(23,24)25/h2-12H,1H3. The lowest BCUT2D eigenvalue weighted by atomic mass is 9.95. The number of aryl methyl sites for hydroxylation is 1.